The van der Waals surface area contributed by atoms with Crippen LogP contribution >= 0.6 is 0 Å². The van der Waals surface area contributed by atoms with Crippen LogP contribution in [0.2, 0.25) is 0 Å². The minimum atomic E-state index is 0.0575. The van der Waals surface area contributed by atoms with Gasteiger partial charge in [-0.1, -0.05) is 13.8 Å². The molecular weight excluding hydrogens is 318 g/mol. The summed E-state index contributed by atoms with van der Waals surface area (Å²) in [6.45, 7) is 10.7. The van der Waals surface area contributed by atoms with E-state index in [2.05, 4.69) is 38.9 Å². The van der Waals surface area contributed by atoms with Gasteiger partial charge in [-0.05, 0) is 17.9 Å². The standard InChI is InChI=1S/C18H29N5O2/c1-14(2)9-23-5-6-25-16(10-23)8-20-18(24)12-22-4-3-15-7-19-13-21-17(15)11-22/h7,13-14,16H,3-6,8-12H2,1-2H3,(H,20,24)/t16-/m0/s1. The fraction of sp³-hybridized carbons (Fsp3) is 0.722. The van der Waals surface area contributed by atoms with Crippen LogP contribution in [-0.4, -0.2) is 77.7 Å². The molecule has 138 valence electrons. The predicted molar refractivity (Wildman–Crippen MR) is 95.0 cm³/mol. The summed E-state index contributed by atoms with van der Waals surface area (Å²) in [6, 6.07) is 0. The molecule has 1 N–H and O–H groups in total. The molecule has 7 heteroatoms. The van der Waals surface area contributed by atoms with Crippen molar-refractivity contribution in [2.24, 2.45) is 5.92 Å². The van der Waals surface area contributed by atoms with E-state index in [1.165, 1.54) is 5.56 Å². The Kier molecular flexibility index (Phi) is 6.34. The van der Waals surface area contributed by atoms with Crippen molar-refractivity contribution in [3.05, 3.63) is 23.8 Å². The minimum Gasteiger partial charge on any atom is -0.374 e. The van der Waals surface area contributed by atoms with Gasteiger partial charge in [0.15, 0.2) is 0 Å². The van der Waals surface area contributed by atoms with Crippen molar-refractivity contribution in [1.82, 2.24) is 25.1 Å². The molecule has 2 aliphatic heterocycles. The molecule has 3 heterocycles. The molecule has 0 saturated carbocycles. The largest absolute Gasteiger partial charge is 0.374 e. The Balaban J connectivity index is 1.40. The summed E-state index contributed by atoms with van der Waals surface area (Å²) in [5, 5.41) is 3.03. The molecule has 1 atom stereocenters. The van der Waals surface area contributed by atoms with E-state index in [9.17, 15) is 4.79 Å². The Hall–Kier alpha value is -1.57. The van der Waals surface area contributed by atoms with Gasteiger partial charge in [0.2, 0.25) is 5.91 Å². The predicted octanol–water partition coefficient (Wildman–Crippen LogP) is 0.308. The van der Waals surface area contributed by atoms with Crippen molar-refractivity contribution in [3.8, 4) is 0 Å². The van der Waals surface area contributed by atoms with Gasteiger partial charge in [0.1, 0.15) is 6.33 Å². The molecule has 2 aliphatic rings. The first-order valence-electron chi connectivity index (χ1n) is 9.21. The van der Waals surface area contributed by atoms with E-state index in [0.29, 0.717) is 25.6 Å². The van der Waals surface area contributed by atoms with Crippen molar-refractivity contribution in [2.45, 2.75) is 32.9 Å². The van der Waals surface area contributed by atoms with E-state index in [1.54, 1.807) is 6.33 Å². The lowest BCUT2D eigenvalue weighted by Gasteiger charge is -2.34. The van der Waals surface area contributed by atoms with E-state index in [1.807, 2.05) is 6.20 Å². The summed E-state index contributed by atoms with van der Waals surface area (Å²) >= 11 is 0. The Morgan fingerprint density at radius 2 is 2.28 bits per heavy atom. The second-order valence-corrected chi connectivity index (χ2v) is 7.41. The smallest absolute Gasteiger partial charge is 0.234 e. The Bertz CT molecular complexity index is 580. The fourth-order valence-corrected chi connectivity index (χ4v) is 3.51. The Labute approximate surface area is 149 Å². The van der Waals surface area contributed by atoms with Gasteiger partial charge in [-0.15, -0.1) is 0 Å². The first kappa shape index (κ1) is 18.2. The molecule has 7 nitrogen and oxygen atoms in total. The van der Waals surface area contributed by atoms with Crippen LogP contribution in [0.1, 0.15) is 25.1 Å². The van der Waals surface area contributed by atoms with Crippen LogP contribution in [0.15, 0.2) is 12.5 Å². The number of fused-ring (bicyclic) bond motifs is 1. The summed E-state index contributed by atoms with van der Waals surface area (Å²) in [6.07, 6.45) is 4.44. The summed E-state index contributed by atoms with van der Waals surface area (Å²) in [5.74, 6) is 0.709. The maximum Gasteiger partial charge on any atom is 0.234 e. The quantitative estimate of drug-likeness (QED) is 0.799. The maximum atomic E-state index is 12.3. The number of amides is 1. The lowest BCUT2D eigenvalue weighted by Crippen LogP contribution is -2.49. The van der Waals surface area contributed by atoms with E-state index in [0.717, 1.165) is 44.9 Å². The van der Waals surface area contributed by atoms with E-state index in [-0.39, 0.29) is 12.0 Å². The van der Waals surface area contributed by atoms with Crippen LogP contribution in [0, 0.1) is 5.92 Å². The number of hydrogen-bond acceptors (Lipinski definition) is 6. The van der Waals surface area contributed by atoms with Gasteiger partial charge in [-0.3, -0.25) is 14.6 Å². The molecule has 0 aromatic carbocycles. The number of nitrogens with zero attached hydrogens (tertiary/aromatic N) is 4. The van der Waals surface area contributed by atoms with E-state index < -0.39 is 0 Å². The van der Waals surface area contributed by atoms with Gasteiger partial charge in [0.25, 0.3) is 0 Å². The molecule has 0 unspecified atom stereocenters. The zero-order valence-corrected chi connectivity index (χ0v) is 15.3. The molecule has 1 amide bonds. The molecule has 1 fully saturated rings. The van der Waals surface area contributed by atoms with Crippen LogP contribution in [0.3, 0.4) is 0 Å². The molecule has 0 spiro atoms. The van der Waals surface area contributed by atoms with Crippen molar-refractivity contribution in [1.29, 1.82) is 0 Å². The highest BCUT2D eigenvalue weighted by molar-refractivity contribution is 5.78. The Morgan fingerprint density at radius 1 is 1.40 bits per heavy atom. The third kappa shape index (κ3) is 5.45. The third-order valence-electron chi connectivity index (χ3n) is 4.69. The zero-order chi connectivity index (χ0) is 17.6. The second kappa shape index (κ2) is 8.69. The lowest BCUT2D eigenvalue weighted by molar-refractivity contribution is -0.123. The van der Waals surface area contributed by atoms with Crippen LogP contribution in [0.4, 0.5) is 0 Å². The minimum absolute atomic E-state index is 0.0575. The normalized spacial score (nSPS) is 22.0. The average molecular weight is 347 g/mol. The number of rotatable bonds is 6. The molecular formula is C18H29N5O2. The molecule has 1 aromatic rings. The summed E-state index contributed by atoms with van der Waals surface area (Å²) < 4.78 is 5.79. The molecule has 0 aliphatic carbocycles. The highest BCUT2D eigenvalue weighted by Crippen LogP contribution is 2.14. The van der Waals surface area contributed by atoms with Crippen LogP contribution in [0.5, 0.6) is 0 Å². The third-order valence-corrected chi connectivity index (χ3v) is 4.69. The molecule has 1 saturated heterocycles. The molecule has 25 heavy (non-hydrogen) atoms. The topological polar surface area (TPSA) is 70.6 Å². The maximum absolute atomic E-state index is 12.3. The monoisotopic (exact) mass is 347 g/mol. The van der Waals surface area contributed by atoms with Crippen molar-refractivity contribution >= 4 is 5.91 Å². The number of aromatic nitrogens is 2. The molecule has 0 bridgehead atoms. The lowest BCUT2D eigenvalue weighted by atomic mass is 10.1. The van der Waals surface area contributed by atoms with Crippen molar-refractivity contribution in [2.75, 3.05) is 45.9 Å². The molecule has 1 aromatic heterocycles. The fourth-order valence-electron chi connectivity index (χ4n) is 3.51. The SMILES string of the molecule is CC(C)CN1CCO[C@@H](CNC(=O)CN2CCc3cncnc3C2)C1. The average Bonchev–Trinajstić information content (AvgIpc) is 2.60. The van der Waals surface area contributed by atoms with E-state index in [4.69, 9.17) is 4.74 Å². The van der Waals surface area contributed by atoms with Gasteiger partial charge in [0.05, 0.1) is 24.9 Å². The number of carbonyl (C=O) groups excluding carboxylic acids is 1. The van der Waals surface area contributed by atoms with Crippen molar-refractivity contribution in [3.63, 3.8) is 0 Å². The van der Waals surface area contributed by atoms with Crippen LogP contribution < -0.4 is 5.32 Å². The second-order valence-electron chi connectivity index (χ2n) is 7.41. The zero-order valence-electron chi connectivity index (χ0n) is 15.3. The van der Waals surface area contributed by atoms with Crippen molar-refractivity contribution < 1.29 is 9.53 Å². The molecule has 0 radical (unpaired) electrons. The van der Waals surface area contributed by atoms with Gasteiger partial charge in [-0.25, -0.2) is 9.97 Å². The first-order chi connectivity index (χ1) is 12.1. The number of nitrogens with one attached hydrogen (secondary N) is 1. The summed E-state index contributed by atoms with van der Waals surface area (Å²) in [4.78, 5) is 25.2. The van der Waals surface area contributed by atoms with Crippen LogP contribution in [-0.2, 0) is 22.5 Å². The summed E-state index contributed by atoms with van der Waals surface area (Å²) in [7, 11) is 0. The number of carbonyl (C=O) groups is 1. The number of hydrogen-bond donors (Lipinski definition) is 1. The highest BCUT2D eigenvalue weighted by Gasteiger charge is 2.23. The van der Waals surface area contributed by atoms with Gasteiger partial charge < -0.3 is 10.1 Å². The Morgan fingerprint density at radius 3 is 3.12 bits per heavy atom. The highest BCUT2D eigenvalue weighted by atomic mass is 16.5. The summed E-state index contributed by atoms with van der Waals surface area (Å²) in [5.41, 5.74) is 2.23. The number of morpholine rings is 1. The number of ether oxygens (including phenoxy) is 1. The van der Waals surface area contributed by atoms with E-state index >= 15 is 0 Å². The van der Waals surface area contributed by atoms with Gasteiger partial charge in [-0.2, -0.15) is 0 Å². The van der Waals surface area contributed by atoms with Crippen LogP contribution in [0.25, 0.3) is 0 Å². The molecule has 3 rings (SSSR count). The first-order valence-corrected chi connectivity index (χ1v) is 9.21. The van der Waals surface area contributed by atoms with Gasteiger partial charge in [0, 0.05) is 45.5 Å². The van der Waals surface area contributed by atoms with Gasteiger partial charge >= 0.3 is 0 Å².